The maximum Gasteiger partial charge on any atom is 0.395 e. The molecule has 4 heteroatoms. The smallest absolute Gasteiger partial charge is 0.295 e. The molecular weight excluding hydrogens is 397 g/mol. The molecule has 31 heavy (non-hydrogen) atoms. The molecule has 0 N–H and O–H groups in total. The zero-order valence-electron chi connectivity index (χ0n) is 19.9. The Labute approximate surface area is 187 Å². The van der Waals surface area contributed by atoms with Gasteiger partial charge < -0.3 is 0 Å². The third-order valence-electron chi connectivity index (χ3n) is 5.55. The van der Waals surface area contributed by atoms with Gasteiger partial charge in [-0.1, -0.05) is 88.8 Å². The Morgan fingerprint density at radius 3 is 2.00 bits per heavy atom. The molecular formula is C27H39F3O. The highest BCUT2D eigenvalue weighted by Gasteiger charge is 2.36. The van der Waals surface area contributed by atoms with Crippen molar-refractivity contribution in [3.05, 3.63) is 71.8 Å². The molecule has 0 aliphatic heterocycles. The molecule has 0 bridgehead atoms. The van der Waals surface area contributed by atoms with Gasteiger partial charge in [-0.05, 0) is 56.6 Å². The lowest BCUT2D eigenvalue weighted by Crippen LogP contribution is -2.17. The van der Waals surface area contributed by atoms with E-state index >= 15 is 0 Å². The minimum Gasteiger partial charge on any atom is -0.295 e. The number of ketones is 1. The number of alkyl halides is 3. The summed E-state index contributed by atoms with van der Waals surface area (Å²) >= 11 is 0. The molecule has 0 radical (unpaired) electrons. The summed E-state index contributed by atoms with van der Waals surface area (Å²) in [6.45, 7) is 14.7. The van der Waals surface area contributed by atoms with Gasteiger partial charge in [0.1, 0.15) is 0 Å². The molecule has 2 rings (SSSR count). The zero-order valence-corrected chi connectivity index (χ0v) is 19.9. The molecule has 1 atom stereocenters. The average molecular weight is 437 g/mol. The van der Waals surface area contributed by atoms with Crippen LogP contribution < -0.4 is 0 Å². The summed E-state index contributed by atoms with van der Waals surface area (Å²) in [5, 5.41) is 0. The standard InChI is InChI=1S/C14H22.C11H11F3O.C2H6/c1-4-6-7-13(5-2)14-10-8-12(3)9-11-14;1-7(11(12,13)14)9-3-5-10(6-4-9)8(2)15;1-2/h4-7,12,14H,1,8-11H2,2-3H3;3-7H,1-2H3;1-2H3/b7-6-,13-5+;;. The first-order valence-electron chi connectivity index (χ1n) is 11.2. The maximum atomic E-state index is 12.3. The molecule has 1 aromatic carbocycles. The summed E-state index contributed by atoms with van der Waals surface area (Å²) in [7, 11) is 0. The topological polar surface area (TPSA) is 17.1 Å². The molecule has 0 amide bonds. The molecule has 1 aliphatic rings. The number of halogens is 3. The third-order valence-corrected chi connectivity index (χ3v) is 5.55. The second-order valence-corrected chi connectivity index (χ2v) is 7.78. The molecule has 174 valence electrons. The maximum absolute atomic E-state index is 12.3. The lowest BCUT2D eigenvalue weighted by Gasteiger charge is -2.27. The van der Waals surface area contributed by atoms with Crippen LogP contribution in [-0.2, 0) is 0 Å². The molecule has 0 heterocycles. The Balaban J connectivity index is 0.000000539. The second kappa shape index (κ2) is 14.8. The quantitative estimate of drug-likeness (QED) is 0.332. The van der Waals surface area contributed by atoms with Gasteiger partial charge in [-0.2, -0.15) is 13.2 Å². The summed E-state index contributed by atoms with van der Waals surface area (Å²) in [5.41, 5.74) is 2.09. The molecule has 0 spiro atoms. The lowest BCUT2D eigenvalue weighted by molar-refractivity contribution is -0.146. The Morgan fingerprint density at radius 2 is 1.61 bits per heavy atom. The van der Waals surface area contributed by atoms with Crippen molar-refractivity contribution >= 4 is 5.78 Å². The first kappa shape index (κ1) is 28.9. The Hall–Kier alpha value is -2.10. The van der Waals surface area contributed by atoms with Crippen molar-refractivity contribution < 1.29 is 18.0 Å². The zero-order chi connectivity index (χ0) is 24.0. The molecule has 1 fully saturated rings. The molecule has 0 aromatic heterocycles. The van der Waals surface area contributed by atoms with Crippen molar-refractivity contribution in [2.24, 2.45) is 11.8 Å². The minimum atomic E-state index is -4.24. The Bertz CT molecular complexity index is 703. The van der Waals surface area contributed by atoms with E-state index in [9.17, 15) is 18.0 Å². The number of hydrogen-bond donors (Lipinski definition) is 0. The van der Waals surface area contributed by atoms with Gasteiger partial charge in [-0.3, -0.25) is 4.79 Å². The summed E-state index contributed by atoms with van der Waals surface area (Å²) in [6.07, 6.45) is 9.65. The van der Waals surface area contributed by atoms with Crippen LogP contribution in [0.3, 0.4) is 0 Å². The van der Waals surface area contributed by atoms with Gasteiger partial charge in [0.25, 0.3) is 0 Å². The fourth-order valence-corrected chi connectivity index (χ4v) is 3.44. The fraction of sp³-hybridized carbons (Fsp3) is 0.519. The third kappa shape index (κ3) is 10.7. The van der Waals surface area contributed by atoms with Gasteiger partial charge in [0.2, 0.25) is 0 Å². The molecule has 1 aliphatic carbocycles. The molecule has 0 saturated heterocycles. The number of Topliss-reactive ketones (excluding diaryl/α,β-unsaturated/α-hetero) is 1. The number of allylic oxidation sites excluding steroid dienone is 5. The van der Waals surface area contributed by atoms with E-state index < -0.39 is 12.1 Å². The highest BCUT2D eigenvalue weighted by molar-refractivity contribution is 5.94. The molecule has 1 aromatic rings. The summed E-state index contributed by atoms with van der Waals surface area (Å²) < 4.78 is 37.0. The Morgan fingerprint density at radius 1 is 1.10 bits per heavy atom. The summed E-state index contributed by atoms with van der Waals surface area (Å²) in [6, 6.07) is 5.52. The average Bonchev–Trinajstić information content (AvgIpc) is 2.76. The van der Waals surface area contributed by atoms with E-state index in [2.05, 4.69) is 32.6 Å². The van der Waals surface area contributed by atoms with Gasteiger partial charge in [0, 0.05) is 5.56 Å². The van der Waals surface area contributed by atoms with E-state index in [0.29, 0.717) is 5.56 Å². The summed E-state index contributed by atoms with van der Waals surface area (Å²) in [4.78, 5) is 10.9. The predicted octanol–water partition coefficient (Wildman–Crippen LogP) is 9.08. The minimum absolute atomic E-state index is 0.152. The van der Waals surface area contributed by atoms with E-state index in [1.807, 2.05) is 26.0 Å². The van der Waals surface area contributed by atoms with Crippen molar-refractivity contribution in [3.8, 4) is 0 Å². The van der Waals surface area contributed by atoms with Crippen LogP contribution in [-0.4, -0.2) is 12.0 Å². The molecule has 1 unspecified atom stereocenters. The lowest BCUT2D eigenvalue weighted by atomic mass is 9.79. The van der Waals surface area contributed by atoms with Crippen molar-refractivity contribution in [1.82, 2.24) is 0 Å². The van der Waals surface area contributed by atoms with Crippen molar-refractivity contribution in [2.45, 2.75) is 79.3 Å². The second-order valence-electron chi connectivity index (χ2n) is 7.78. The SMILES string of the molecule is C=C/C=C\C(=C/C)C1CCC(C)CC1.CC.CC(=O)c1ccc(C(C)C(F)(F)F)cc1. The van der Waals surface area contributed by atoms with E-state index in [4.69, 9.17) is 0 Å². The highest BCUT2D eigenvalue weighted by atomic mass is 19.4. The van der Waals surface area contributed by atoms with Crippen LogP contribution in [0.4, 0.5) is 13.2 Å². The van der Waals surface area contributed by atoms with Gasteiger partial charge in [-0.25, -0.2) is 0 Å². The van der Waals surface area contributed by atoms with Gasteiger partial charge in [0.15, 0.2) is 5.78 Å². The van der Waals surface area contributed by atoms with Crippen molar-refractivity contribution in [3.63, 3.8) is 0 Å². The van der Waals surface area contributed by atoms with E-state index in [0.717, 1.165) is 18.8 Å². The first-order chi connectivity index (χ1) is 14.6. The van der Waals surface area contributed by atoms with Crippen molar-refractivity contribution in [1.29, 1.82) is 0 Å². The fourth-order valence-electron chi connectivity index (χ4n) is 3.44. The molecule has 1 saturated carbocycles. The van der Waals surface area contributed by atoms with E-state index in [1.165, 1.54) is 62.4 Å². The number of carbonyl (C=O) groups is 1. The van der Waals surface area contributed by atoms with Crippen LogP contribution >= 0.6 is 0 Å². The van der Waals surface area contributed by atoms with Crippen LogP contribution in [0.25, 0.3) is 0 Å². The predicted molar refractivity (Wildman–Crippen MR) is 126 cm³/mol. The molecule has 1 nitrogen and oxygen atoms in total. The van der Waals surface area contributed by atoms with Crippen molar-refractivity contribution in [2.75, 3.05) is 0 Å². The highest BCUT2D eigenvalue weighted by Crippen LogP contribution is 2.34. The van der Waals surface area contributed by atoms with Gasteiger partial charge in [0.05, 0.1) is 5.92 Å². The number of benzene rings is 1. The first-order valence-corrected chi connectivity index (χ1v) is 11.2. The van der Waals surface area contributed by atoms with Crippen LogP contribution in [0.2, 0.25) is 0 Å². The van der Waals surface area contributed by atoms with Crippen LogP contribution in [0.5, 0.6) is 0 Å². The monoisotopic (exact) mass is 436 g/mol. The van der Waals surface area contributed by atoms with E-state index in [-0.39, 0.29) is 11.3 Å². The number of rotatable bonds is 5. The van der Waals surface area contributed by atoms with Gasteiger partial charge >= 0.3 is 6.18 Å². The van der Waals surface area contributed by atoms with Crippen LogP contribution in [0.1, 0.15) is 89.1 Å². The Kier molecular flexibility index (Phi) is 13.8. The largest absolute Gasteiger partial charge is 0.395 e. The van der Waals surface area contributed by atoms with Crippen LogP contribution in [0, 0.1) is 11.8 Å². The number of hydrogen-bond acceptors (Lipinski definition) is 1. The normalized spacial score (nSPS) is 20.1. The van der Waals surface area contributed by atoms with Gasteiger partial charge in [-0.15, -0.1) is 0 Å². The number of carbonyl (C=O) groups excluding carboxylic acids is 1. The van der Waals surface area contributed by atoms with E-state index in [1.54, 1.807) is 0 Å². The van der Waals surface area contributed by atoms with Crippen LogP contribution in [0.15, 0.2) is 60.7 Å². The summed E-state index contributed by atoms with van der Waals surface area (Å²) in [5.74, 6) is 0.0832.